The van der Waals surface area contributed by atoms with Gasteiger partial charge in [-0.15, -0.1) is 0 Å². The van der Waals surface area contributed by atoms with Crippen molar-refractivity contribution in [1.29, 1.82) is 0 Å². The first-order chi connectivity index (χ1) is 14.4. The van der Waals surface area contributed by atoms with Gasteiger partial charge in [0.15, 0.2) is 0 Å². The Balaban J connectivity index is 1.49. The molecule has 0 saturated carbocycles. The monoisotopic (exact) mass is 431 g/mol. The van der Waals surface area contributed by atoms with E-state index in [0.29, 0.717) is 31.5 Å². The first-order valence-corrected chi connectivity index (χ1v) is 11.3. The summed E-state index contributed by atoms with van der Waals surface area (Å²) in [5.41, 5.74) is 1.27. The molecule has 2 aromatic carbocycles. The van der Waals surface area contributed by atoms with Gasteiger partial charge in [0.25, 0.3) is 0 Å². The minimum absolute atomic E-state index is 0.0757. The molecular formula is C21H22FN3O4S. The Morgan fingerprint density at radius 1 is 1.03 bits per heavy atom. The molecule has 158 valence electrons. The lowest BCUT2D eigenvalue weighted by molar-refractivity contribution is -0.119. The van der Waals surface area contributed by atoms with Crippen LogP contribution in [0, 0.1) is 5.82 Å². The van der Waals surface area contributed by atoms with Gasteiger partial charge in [-0.2, -0.15) is 4.31 Å². The molecule has 2 aromatic rings. The van der Waals surface area contributed by atoms with Gasteiger partial charge in [0.2, 0.25) is 21.8 Å². The van der Waals surface area contributed by atoms with Crippen LogP contribution in [0.15, 0.2) is 53.4 Å². The lowest BCUT2D eigenvalue weighted by Gasteiger charge is -2.23. The largest absolute Gasteiger partial charge is 0.325 e. The molecule has 1 atom stereocenters. The number of sulfonamides is 1. The summed E-state index contributed by atoms with van der Waals surface area (Å²) in [5, 5.41) is 2.74. The molecule has 0 spiro atoms. The minimum atomic E-state index is -4.13. The third kappa shape index (κ3) is 3.82. The van der Waals surface area contributed by atoms with E-state index in [0.717, 1.165) is 22.5 Å². The van der Waals surface area contributed by atoms with Crippen molar-refractivity contribution in [1.82, 2.24) is 4.31 Å². The van der Waals surface area contributed by atoms with Crippen molar-refractivity contribution in [3.8, 4) is 0 Å². The van der Waals surface area contributed by atoms with Crippen molar-refractivity contribution >= 4 is 33.2 Å². The molecule has 1 unspecified atom stereocenters. The summed E-state index contributed by atoms with van der Waals surface area (Å²) in [5.74, 6) is -1.22. The molecule has 9 heteroatoms. The zero-order valence-electron chi connectivity index (χ0n) is 16.3. The summed E-state index contributed by atoms with van der Waals surface area (Å²) < 4.78 is 41.0. The maximum absolute atomic E-state index is 14.1. The van der Waals surface area contributed by atoms with Crippen LogP contribution in [0.25, 0.3) is 0 Å². The molecule has 2 heterocycles. The number of rotatable bonds is 5. The summed E-state index contributed by atoms with van der Waals surface area (Å²) >= 11 is 0. The average molecular weight is 431 g/mol. The number of hydrogen-bond acceptors (Lipinski definition) is 4. The third-order valence-electron chi connectivity index (χ3n) is 5.45. The smallest absolute Gasteiger partial charge is 0.246 e. The molecule has 2 fully saturated rings. The second-order valence-corrected chi connectivity index (χ2v) is 9.25. The fourth-order valence-electron chi connectivity index (χ4n) is 3.94. The predicted octanol–water partition coefficient (Wildman–Crippen LogP) is 2.74. The lowest BCUT2D eigenvalue weighted by atomic mass is 10.2. The maximum Gasteiger partial charge on any atom is 0.246 e. The van der Waals surface area contributed by atoms with Crippen LogP contribution in [-0.2, 0) is 19.6 Å². The van der Waals surface area contributed by atoms with Crippen molar-refractivity contribution in [2.45, 2.75) is 36.6 Å². The predicted molar refractivity (Wildman–Crippen MR) is 110 cm³/mol. The number of carbonyl (C=O) groups is 2. The van der Waals surface area contributed by atoms with E-state index in [1.165, 1.54) is 18.2 Å². The lowest BCUT2D eigenvalue weighted by Crippen LogP contribution is -2.43. The van der Waals surface area contributed by atoms with Gasteiger partial charge in [0, 0.05) is 30.9 Å². The van der Waals surface area contributed by atoms with Crippen molar-refractivity contribution in [3.05, 3.63) is 54.3 Å². The van der Waals surface area contributed by atoms with E-state index < -0.39 is 32.7 Å². The van der Waals surface area contributed by atoms with Gasteiger partial charge in [-0.25, -0.2) is 12.8 Å². The van der Waals surface area contributed by atoms with Crippen molar-refractivity contribution in [2.75, 3.05) is 23.3 Å². The molecule has 7 nitrogen and oxygen atoms in total. The van der Waals surface area contributed by atoms with Crippen LogP contribution in [0.1, 0.15) is 25.7 Å². The topological polar surface area (TPSA) is 86.8 Å². The highest BCUT2D eigenvalue weighted by molar-refractivity contribution is 7.89. The summed E-state index contributed by atoms with van der Waals surface area (Å²) in [6.45, 7) is 0.834. The summed E-state index contributed by atoms with van der Waals surface area (Å²) in [7, 11) is -4.13. The van der Waals surface area contributed by atoms with E-state index in [2.05, 4.69) is 5.32 Å². The van der Waals surface area contributed by atoms with Crippen LogP contribution in [0.4, 0.5) is 15.8 Å². The Kier molecular flexibility index (Phi) is 5.57. The molecule has 0 aliphatic carbocycles. The van der Waals surface area contributed by atoms with Gasteiger partial charge < -0.3 is 10.2 Å². The zero-order chi connectivity index (χ0) is 21.3. The van der Waals surface area contributed by atoms with Crippen LogP contribution in [0.5, 0.6) is 0 Å². The van der Waals surface area contributed by atoms with Crippen LogP contribution >= 0.6 is 0 Å². The SMILES string of the molecule is O=C(Nc1ccc(N2CCCC2=O)cc1)C1CCCN1S(=O)(=O)c1ccccc1F. The molecule has 0 bridgehead atoms. The molecule has 1 N–H and O–H groups in total. The number of nitrogens with zero attached hydrogens (tertiary/aromatic N) is 2. The maximum atomic E-state index is 14.1. The van der Waals surface area contributed by atoms with Crippen LogP contribution in [0.3, 0.4) is 0 Å². The summed E-state index contributed by atoms with van der Waals surface area (Å²) in [4.78, 5) is 25.9. The van der Waals surface area contributed by atoms with Crippen molar-refractivity contribution < 1.29 is 22.4 Å². The second-order valence-electron chi connectivity index (χ2n) is 7.39. The highest BCUT2D eigenvalue weighted by Gasteiger charge is 2.40. The van der Waals surface area contributed by atoms with Gasteiger partial charge in [-0.3, -0.25) is 9.59 Å². The fourth-order valence-corrected chi connectivity index (χ4v) is 5.66. The standard InChI is InChI=1S/C21H22FN3O4S/c22-17-5-1-2-7-19(17)30(28,29)25-14-3-6-18(25)21(27)23-15-9-11-16(12-10-15)24-13-4-8-20(24)26/h1-2,5,7,9-12,18H,3-4,6,8,13-14H2,(H,23,27). The highest BCUT2D eigenvalue weighted by Crippen LogP contribution is 2.29. The number of nitrogens with one attached hydrogen (secondary N) is 1. The van der Waals surface area contributed by atoms with Gasteiger partial charge in [-0.1, -0.05) is 12.1 Å². The quantitative estimate of drug-likeness (QED) is 0.789. The van der Waals surface area contributed by atoms with Crippen LogP contribution in [-0.4, -0.2) is 43.7 Å². The molecule has 0 aromatic heterocycles. The molecule has 30 heavy (non-hydrogen) atoms. The second kappa shape index (κ2) is 8.16. The first kappa shape index (κ1) is 20.5. The number of amides is 2. The Morgan fingerprint density at radius 3 is 2.43 bits per heavy atom. The molecule has 4 rings (SSSR count). The summed E-state index contributed by atoms with van der Waals surface area (Å²) in [6.07, 6.45) is 2.24. The molecule has 0 radical (unpaired) electrons. The van der Waals surface area contributed by atoms with Gasteiger partial charge >= 0.3 is 0 Å². The van der Waals surface area contributed by atoms with Gasteiger partial charge in [0.1, 0.15) is 16.8 Å². The first-order valence-electron chi connectivity index (χ1n) is 9.85. The molecule has 2 aliphatic heterocycles. The highest BCUT2D eigenvalue weighted by atomic mass is 32.2. The molecule has 2 aliphatic rings. The average Bonchev–Trinajstić information content (AvgIpc) is 3.38. The molecule has 2 saturated heterocycles. The number of anilines is 2. The number of hydrogen-bond donors (Lipinski definition) is 1. The van der Waals surface area contributed by atoms with E-state index in [9.17, 15) is 22.4 Å². The van der Waals surface area contributed by atoms with E-state index >= 15 is 0 Å². The van der Waals surface area contributed by atoms with Gasteiger partial charge in [-0.05, 0) is 55.7 Å². The van der Waals surface area contributed by atoms with E-state index in [1.54, 1.807) is 29.2 Å². The van der Waals surface area contributed by atoms with E-state index in [-0.39, 0.29) is 12.5 Å². The minimum Gasteiger partial charge on any atom is -0.325 e. The van der Waals surface area contributed by atoms with Crippen molar-refractivity contribution in [3.63, 3.8) is 0 Å². The molecular weight excluding hydrogens is 409 g/mol. The zero-order valence-corrected chi connectivity index (χ0v) is 17.1. The van der Waals surface area contributed by atoms with Crippen LogP contribution in [0.2, 0.25) is 0 Å². The summed E-state index contributed by atoms with van der Waals surface area (Å²) in [6, 6.07) is 11.1. The Hall–Kier alpha value is -2.78. The van der Waals surface area contributed by atoms with Crippen molar-refractivity contribution in [2.24, 2.45) is 0 Å². The Bertz CT molecular complexity index is 1070. The Labute approximate surface area is 174 Å². The fraction of sp³-hybridized carbons (Fsp3) is 0.333. The third-order valence-corrected chi connectivity index (χ3v) is 7.39. The van der Waals surface area contributed by atoms with E-state index in [4.69, 9.17) is 0 Å². The number of carbonyl (C=O) groups excluding carboxylic acids is 2. The normalized spacial score (nSPS) is 20.0. The Morgan fingerprint density at radius 2 is 1.77 bits per heavy atom. The number of halogens is 1. The van der Waals surface area contributed by atoms with Gasteiger partial charge in [0.05, 0.1) is 0 Å². The van der Waals surface area contributed by atoms with Crippen LogP contribution < -0.4 is 10.2 Å². The molecule has 2 amide bonds. The number of benzene rings is 2. The van der Waals surface area contributed by atoms with E-state index in [1.807, 2.05) is 0 Å².